The first-order valence-corrected chi connectivity index (χ1v) is 4.84. The Balaban J connectivity index is 2.77. The van der Waals surface area contributed by atoms with Crippen LogP contribution in [0.4, 0.5) is 0 Å². The highest BCUT2D eigenvalue weighted by atomic mass is 16.9. The molecule has 5 heteroatoms. The van der Waals surface area contributed by atoms with Crippen LogP contribution in [0, 0.1) is 0 Å². The Morgan fingerprint density at radius 1 is 1.06 bits per heavy atom. The molecule has 1 aromatic heterocycles. The number of aromatic nitrogens is 1. The maximum atomic E-state index is 5.19. The van der Waals surface area contributed by atoms with Crippen molar-refractivity contribution in [2.45, 2.75) is 12.4 Å². The summed E-state index contributed by atoms with van der Waals surface area (Å²) < 4.78 is 20.6. The Morgan fingerprint density at radius 2 is 1.69 bits per heavy atom. The van der Waals surface area contributed by atoms with Crippen molar-refractivity contribution in [1.82, 2.24) is 4.98 Å². The fraction of sp³-hybridized carbons (Fsp3) is 0.545. The molecule has 0 fully saturated rings. The predicted octanol–water partition coefficient (Wildman–Crippen LogP) is 1.23. The van der Waals surface area contributed by atoms with Gasteiger partial charge in [-0.25, -0.2) is 4.98 Å². The van der Waals surface area contributed by atoms with E-state index < -0.39 is 5.97 Å². The highest BCUT2D eigenvalue weighted by molar-refractivity contribution is 5.18. The van der Waals surface area contributed by atoms with Crippen LogP contribution in [0.2, 0.25) is 0 Å². The molecule has 0 aliphatic rings. The number of rotatable bonds is 6. The van der Waals surface area contributed by atoms with Gasteiger partial charge in [0.2, 0.25) is 5.88 Å². The third-order valence-corrected chi connectivity index (χ3v) is 2.36. The van der Waals surface area contributed by atoms with Gasteiger partial charge in [0, 0.05) is 33.6 Å². The predicted molar refractivity (Wildman–Crippen MR) is 58.3 cm³/mol. The number of pyridine rings is 1. The number of hydrogen-bond acceptors (Lipinski definition) is 5. The van der Waals surface area contributed by atoms with Crippen LogP contribution in [0.5, 0.6) is 5.88 Å². The molecule has 0 atom stereocenters. The highest BCUT2D eigenvalue weighted by Crippen LogP contribution is 2.19. The molecule has 0 spiro atoms. The Bertz CT molecular complexity index is 300. The van der Waals surface area contributed by atoms with Crippen LogP contribution in [-0.4, -0.2) is 39.4 Å². The number of hydrogen-bond donors (Lipinski definition) is 0. The lowest BCUT2D eigenvalue weighted by Gasteiger charge is -2.28. The fourth-order valence-electron chi connectivity index (χ4n) is 1.35. The van der Waals surface area contributed by atoms with E-state index in [1.807, 2.05) is 6.07 Å². The first kappa shape index (κ1) is 12.9. The third kappa shape index (κ3) is 2.91. The van der Waals surface area contributed by atoms with Crippen molar-refractivity contribution in [1.29, 1.82) is 0 Å². The minimum absolute atomic E-state index is 0.452. The fourth-order valence-corrected chi connectivity index (χ4v) is 1.35. The van der Waals surface area contributed by atoms with Gasteiger partial charge in [-0.3, -0.25) is 0 Å². The highest BCUT2D eigenvalue weighted by Gasteiger charge is 2.29. The van der Waals surface area contributed by atoms with E-state index in [4.69, 9.17) is 18.9 Å². The zero-order valence-corrected chi connectivity index (χ0v) is 10.0. The monoisotopic (exact) mass is 227 g/mol. The first-order valence-electron chi connectivity index (χ1n) is 4.84. The lowest BCUT2D eigenvalue weighted by Crippen LogP contribution is -2.38. The molecule has 5 nitrogen and oxygen atoms in total. The molecule has 0 aromatic carbocycles. The summed E-state index contributed by atoms with van der Waals surface area (Å²) in [6.45, 7) is 0. The molecule has 0 unspecified atom stereocenters. The summed E-state index contributed by atoms with van der Waals surface area (Å²) in [5.74, 6) is -0.488. The second-order valence-corrected chi connectivity index (χ2v) is 3.18. The summed E-state index contributed by atoms with van der Waals surface area (Å²) >= 11 is 0. The Labute approximate surface area is 95.3 Å². The normalized spacial score (nSPS) is 11.5. The summed E-state index contributed by atoms with van der Waals surface area (Å²) in [6, 6.07) is 3.67. The summed E-state index contributed by atoms with van der Waals surface area (Å²) in [5, 5.41) is 0. The summed E-state index contributed by atoms with van der Waals surface area (Å²) in [5.41, 5.74) is 0.936. The van der Waals surface area contributed by atoms with E-state index in [1.165, 1.54) is 21.3 Å². The average Bonchev–Trinajstić information content (AvgIpc) is 2.37. The van der Waals surface area contributed by atoms with Gasteiger partial charge in [0.15, 0.2) is 0 Å². The molecule has 16 heavy (non-hydrogen) atoms. The van der Waals surface area contributed by atoms with E-state index in [-0.39, 0.29) is 0 Å². The van der Waals surface area contributed by atoms with Crippen LogP contribution in [0.3, 0.4) is 0 Å². The maximum Gasteiger partial charge on any atom is 0.286 e. The zero-order chi connectivity index (χ0) is 12.0. The van der Waals surface area contributed by atoms with Crippen molar-refractivity contribution in [3.63, 3.8) is 0 Å². The Kier molecular flexibility index (Phi) is 4.67. The molecule has 0 N–H and O–H groups in total. The topological polar surface area (TPSA) is 49.8 Å². The summed E-state index contributed by atoms with van der Waals surface area (Å²) in [6.07, 6.45) is 2.15. The van der Waals surface area contributed by atoms with Gasteiger partial charge < -0.3 is 18.9 Å². The van der Waals surface area contributed by atoms with Crippen molar-refractivity contribution in [2.24, 2.45) is 0 Å². The van der Waals surface area contributed by atoms with Crippen LogP contribution >= 0.6 is 0 Å². The van der Waals surface area contributed by atoms with E-state index in [1.54, 1.807) is 19.4 Å². The summed E-state index contributed by atoms with van der Waals surface area (Å²) in [4.78, 5) is 4.10. The largest absolute Gasteiger partial charge is 0.481 e. The van der Waals surface area contributed by atoms with E-state index in [2.05, 4.69) is 4.98 Å². The Morgan fingerprint density at radius 3 is 2.06 bits per heavy atom. The van der Waals surface area contributed by atoms with Crippen LogP contribution in [0.15, 0.2) is 18.3 Å². The molecule has 1 rings (SSSR count). The first-order chi connectivity index (χ1) is 7.69. The van der Waals surface area contributed by atoms with E-state index in [9.17, 15) is 0 Å². The molecule has 0 amide bonds. The molecule has 0 aliphatic heterocycles. The van der Waals surface area contributed by atoms with Gasteiger partial charge in [-0.1, -0.05) is 6.07 Å². The van der Waals surface area contributed by atoms with Gasteiger partial charge in [0.1, 0.15) is 0 Å². The molecule has 0 radical (unpaired) electrons. The van der Waals surface area contributed by atoms with Gasteiger partial charge in [-0.05, 0) is 5.56 Å². The van der Waals surface area contributed by atoms with E-state index in [0.717, 1.165) is 5.56 Å². The minimum Gasteiger partial charge on any atom is -0.481 e. The zero-order valence-electron chi connectivity index (χ0n) is 10.0. The standard InChI is InChI=1S/C11H17NO4/c1-13-10-6-5-9(8-12-10)7-11(14-2,15-3)16-4/h5-6,8H,7H2,1-4H3. The molecule has 1 heterocycles. The number of ether oxygens (including phenoxy) is 4. The molecular weight excluding hydrogens is 210 g/mol. The lowest BCUT2D eigenvalue weighted by atomic mass is 10.2. The molecule has 1 aromatic rings. The van der Waals surface area contributed by atoms with Crippen molar-refractivity contribution in [3.05, 3.63) is 23.9 Å². The number of methoxy groups -OCH3 is 4. The van der Waals surface area contributed by atoms with E-state index >= 15 is 0 Å². The van der Waals surface area contributed by atoms with Gasteiger partial charge >= 0.3 is 0 Å². The van der Waals surface area contributed by atoms with E-state index in [0.29, 0.717) is 12.3 Å². The molecule has 90 valence electrons. The van der Waals surface area contributed by atoms with Crippen molar-refractivity contribution < 1.29 is 18.9 Å². The molecule has 0 saturated carbocycles. The van der Waals surface area contributed by atoms with Gasteiger partial charge in [-0.2, -0.15) is 0 Å². The Hall–Kier alpha value is -1.17. The molecular formula is C11H17NO4. The van der Waals surface area contributed by atoms with Gasteiger partial charge in [0.05, 0.1) is 13.5 Å². The second-order valence-electron chi connectivity index (χ2n) is 3.18. The molecule has 0 bridgehead atoms. The second kappa shape index (κ2) is 5.79. The number of nitrogens with zero attached hydrogens (tertiary/aromatic N) is 1. The molecule has 0 aliphatic carbocycles. The average molecular weight is 227 g/mol. The van der Waals surface area contributed by atoms with Gasteiger partial charge in [-0.15, -0.1) is 0 Å². The summed E-state index contributed by atoms with van der Waals surface area (Å²) in [7, 11) is 6.17. The molecule has 0 saturated heterocycles. The quantitative estimate of drug-likeness (QED) is 0.684. The van der Waals surface area contributed by atoms with Crippen LogP contribution in [0.1, 0.15) is 5.56 Å². The van der Waals surface area contributed by atoms with Crippen LogP contribution < -0.4 is 4.74 Å². The van der Waals surface area contributed by atoms with Crippen molar-refractivity contribution in [2.75, 3.05) is 28.4 Å². The van der Waals surface area contributed by atoms with Crippen molar-refractivity contribution >= 4 is 0 Å². The minimum atomic E-state index is -1.06. The van der Waals surface area contributed by atoms with Crippen molar-refractivity contribution in [3.8, 4) is 5.88 Å². The lowest BCUT2D eigenvalue weighted by molar-refractivity contribution is -0.351. The smallest absolute Gasteiger partial charge is 0.286 e. The SMILES string of the molecule is COc1ccc(CC(OC)(OC)OC)cn1. The van der Waals surface area contributed by atoms with Crippen LogP contribution in [0.25, 0.3) is 0 Å². The van der Waals surface area contributed by atoms with Gasteiger partial charge in [0.25, 0.3) is 5.97 Å². The van der Waals surface area contributed by atoms with Crippen LogP contribution in [-0.2, 0) is 20.6 Å². The maximum absolute atomic E-state index is 5.19. The third-order valence-electron chi connectivity index (χ3n) is 2.36.